The molecule has 2 aromatic heterocycles. The molecular weight excluding hydrogens is 440 g/mol. The zero-order valence-electron chi connectivity index (χ0n) is 18.6. The van der Waals surface area contributed by atoms with Crippen molar-refractivity contribution in [2.45, 2.75) is 34.2 Å². The number of carbonyl (C=O) groups is 1. The van der Waals surface area contributed by atoms with E-state index in [1.54, 1.807) is 13.0 Å². The van der Waals surface area contributed by atoms with Crippen molar-refractivity contribution in [3.63, 3.8) is 0 Å². The smallest absolute Gasteiger partial charge is 0.293 e. The number of anilines is 1. The monoisotopic (exact) mass is 462 g/mol. The Morgan fingerprint density at radius 1 is 1.12 bits per heavy atom. The van der Waals surface area contributed by atoms with Gasteiger partial charge in [0.15, 0.2) is 0 Å². The predicted molar refractivity (Wildman–Crippen MR) is 130 cm³/mol. The summed E-state index contributed by atoms with van der Waals surface area (Å²) >= 11 is 1.37. The summed E-state index contributed by atoms with van der Waals surface area (Å²) in [7, 11) is 0. The minimum atomic E-state index is -0.544. The van der Waals surface area contributed by atoms with Crippen LogP contribution in [-0.2, 0) is 11.3 Å². The third kappa shape index (κ3) is 4.14. The van der Waals surface area contributed by atoms with Crippen LogP contribution in [0.1, 0.15) is 22.3 Å². The molecule has 9 heteroatoms. The predicted octanol–water partition coefficient (Wildman–Crippen LogP) is 4.91. The highest BCUT2D eigenvalue weighted by atomic mass is 32.1. The van der Waals surface area contributed by atoms with E-state index in [2.05, 4.69) is 10.3 Å². The molecule has 33 heavy (non-hydrogen) atoms. The Bertz CT molecular complexity index is 1490. The summed E-state index contributed by atoms with van der Waals surface area (Å²) in [5.41, 5.74) is 4.99. The fourth-order valence-electron chi connectivity index (χ4n) is 3.65. The molecule has 168 valence electrons. The van der Waals surface area contributed by atoms with Gasteiger partial charge in [-0.15, -0.1) is 11.3 Å². The number of hydrogen-bond acceptors (Lipinski definition) is 6. The van der Waals surface area contributed by atoms with Crippen molar-refractivity contribution < 1.29 is 9.72 Å². The molecule has 0 spiro atoms. The van der Waals surface area contributed by atoms with Gasteiger partial charge >= 0.3 is 0 Å². The second-order valence-corrected chi connectivity index (χ2v) is 8.87. The van der Waals surface area contributed by atoms with Crippen LogP contribution in [0.25, 0.3) is 21.3 Å². The lowest BCUT2D eigenvalue weighted by atomic mass is 10.0. The maximum absolute atomic E-state index is 13.3. The van der Waals surface area contributed by atoms with E-state index in [9.17, 15) is 19.7 Å². The van der Waals surface area contributed by atoms with E-state index in [0.717, 1.165) is 27.8 Å². The van der Waals surface area contributed by atoms with Crippen molar-refractivity contribution in [1.29, 1.82) is 0 Å². The van der Waals surface area contributed by atoms with Gasteiger partial charge in [0.25, 0.3) is 11.2 Å². The molecule has 0 aliphatic rings. The van der Waals surface area contributed by atoms with Crippen molar-refractivity contribution in [2.75, 3.05) is 5.32 Å². The number of carbonyl (C=O) groups excluding carboxylic acids is 1. The van der Waals surface area contributed by atoms with E-state index < -0.39 is 10.8 Å². The van der Waals surface area contributed by atoms with Gasteiger partial charge in [0.05, 0.1) is 16.6 Å². The first-order chi connectivity index (χ1) is 15.7. The van der Waals surface area contributed by atoms with E-state index in [1.165, 1.54) is 28.3 Å². The van der Waals surface area contributed by atoms with Gasteiger partial charge in [-0.05, 0) is 55.5 Å². The first kappa shape index (κ1) is 22.3. The molecule has 0 aliphatic carbocycles. The Morgan fingerprint density at radius 3 is 2.55 bits per heavy atom. The highest BCUT2D eigenvalue weighted by molar-refractivity contribution is 7.17. The molecule has 0 fully saturated rings. The zero-order chi connectivity index (χ0) is 23.9. The minimum absolute atomic E-state index is 0.137. The van der Waals surface area contributed by atoms with E-state index in [1.807, 2.05) is 44.4 Å². The Hall–Kier alpha value is -3.85. The fraction of sp³-hybridized carbons (Fsp3) is 0.208. The summed E-state index contributed by atoms with van der Waals surface area (Å²) in [6.45, 7) is 7.24. The highest BCUT2D eigenvalue weighted by Crippen LogP contribution is 2.32. The number of nitro benzene ring substituents is 1. The number of aryl methyl sites for hydroxylation is 3. The summed E-state index contributed by atoms with van der Waals surface area (Å²) in [6, 6.07) is 9.00. The molecule has 4 rings (SSSR count). The van der Waals surface area contributed by atoms with Gasteiger partial charge in [0.1, 0.15) is 17.1 Å². The highest BCUT2D eigenvalue weighted by Gasteiger charge is 2.20. The SMILES string of the molecule is Cc1ccc(-c2csc3ncn(CC(=O)Nc4c([N+](=O)[O-])ccc(C)c4C)c(=O)c23)cc1C. The van der Waals surface area contributed by atoms with E-state index in [4.69, 9.17) is 0 Å². The topological polar surface area (TPSA) is 107 Å². The van der Waals surface area contributed by atoms with Crippen LogP contribution in [0.2, 0.25) is 0 Å². The number of rotatable bonds is 5. The first-order valence-corrected chi connectivity index (χ1v) is 11.1. The lowest BCUT2D eigenvalue weighted by molar-refractivity contribution is -0.384. The van der Waals surface area contributed by atoms with Gasteiger partial charge in [0.2, 0.25) is 5.91 Å². The van der Waals surface area contributed by atoms with Crippen molar-refractivity contribution >= 4 is 38.8 Å². The van der Waals surface area contributed by atoms with Gasteiger partial charge in [0, 0.05) is 17.0 Å². The van der Waals surface area contributed by atoms with Crippen molar-refractivity contribution in [3.05, 3.63) is 84.8 Å². The third-order valence-corrected chi connectivity index (χ3v) is 6.75. The molecule has 1 N–H and O–H groups in total. The normalized spacial score (nSPS) is 11.0. The molecule has 0 saturated carbocycles. The van der Waals surface area contributed by atoms with Crippen LogP contribution in [0, 0.1) is 37.8 Å². The average Bonchev–Trinajstić information content (AvgIpc) is 3.20. The lowest BCUT2D eigenvalue weighted by Crippen LogP contribution is -2.28. The Balaban J connectivity index is 1.69. The summed E-state index contributed by atoms with van der Waals surface area (Å²) in [5, 5.41) is 16.4. The number of benzene rings is 2. The largest absolute Gasteiger partial charge is 0.319 e. The fourth-order valence-corrected chi connectivity index (χ4v) is 4.55. The Morgan fingerprint density at radius 2 is 1.85 bits per heavy atom. The van der Waals surface area contributed by atoms with Gasteiger partial charge < -0.3 is 5.32 Å². The van der Waals surface area contributed by atoms with Gasteiger partial charge in [-0.2, -0.15) is 0 Å². The van der Waals surface area contributed by atoms with Crippen LogP contribution in [0.5, 0.6) is 0 Å². The first-order valence-electron chi connectivity index (χ1n) is 10.3. The van der Waals surface area contributed by atoms with E-state index in [0.29, 0.717) is 15.8 Å². The summed E-state index contributed by atoms with van der Waals surface area (Å²) in [4.78, 5) is 41.8. The molecule has 8 nitrogen and oxygen atoms in total. The zero-order valence-corrected chi connectivity index (χ0v) is 19.4. The van der Waals surface area contributed by atoms with Crippen molar-refractivity contribution in [2.24, 2.45) is 0 Å². The van der Waals surface area contributed by atoms with Crippen molar-refractivity contribution in [3.8, 4) is 11.1 Å². The van der Waals surface area contributed by atoms with Crippen molar-refractivity contribution in [1.82, 2.24) is 9.55 Å². The number of amides is 1. The van der Waals surface area contributed by atoms with Crippen LogP contribution in [-0.4, -0.2) is 20.4 Å². The lowest BCUT2D eigenvalue weighted by Gasteiger charge is -2.12. The minimum Gasteiger partial charge on any atom is -0.319 e. The quantitative estimate of drug-likeness (QED) is 0.335. The second-order valence-electron chi connectivity index (χ2n) is 8.01. The molecule has 4 aromatic rings. The molecule has 0 aliphatic heterocycles. The third-order valence-electron chi connectivity index (χ3n) is 5.87. The molecule has 0 atom stereocenters. The van der Waals surface area contributed by atoms with Gasteiger partial charge in [-0.1, -0.05) is 24.3 Å². The number of nitrogens with zero attached hydrogens (tertiary/aromatic N) is 3. The summed E-state index contributed by atoms with van der Waals surface area (Å²) in [6.07, 6.45) is 1.34. The maximum atomic E-state index is 13.3. The molecule has 0 unspecified atom stereocenters. The standard InChI is InChI=1S/C24H22N4O4S/c1-13-5-7-17(9-15(13)3)18-11-33-23-21(18)24(30)27(12-25-23)10-20(29)26-22-16(4)14(2)6-8-19(22)28(31)32/h5-9,11-12H,10H2,1-4H3,(H,26,29). The molecule has 0 bridgehead atoms. The Labute approximate surface area is 193 Å². The number of aromatic nitrogens is 2. The molecule has 0 radical (unpaired) electrons. The molecule has 1 amide bonds. The number of thiophene rings is 1. The van der Waals surface area contributed by atoms with E-state index >= 15 is 0 Å². The van der Waals surface area contributed by atoms with Crippen LogP contribution >= 0.6 is 11.3 Å². The van der Waals surface area contributed by atoms with E-state index in [-0.39, 0.29) is 23.5 Å². The second kappa shape index (κ2) is 8.59. The number of nitrogens with one attached hydrogen (secondary N) is 1. The van der Waals surface area contributed by atoms with Gasteiger partial charge in [-0.25, -0.2) is 4.98 Å². The van der Waals surface area contributed by atoms with Crippen LogP contribution < -0.4 is 10.9 Å². The number of fused-ring (bicyclic) bond motifs is 1. The molecule has 2 heterocycles. The van der Waals surface area contributed by atoms with Crippen LogP contribution in [0.3, 0.4) is 0 Å². The Kier molecular flexibility index (Phi) is 5.82. The molecule has 2 aromatic carbocycles. The molecule has 0 saturated heterocycles. The van der Waals surface area contributed by atoms with Crippen LogP contribution in [0.4, 0.5) is 11.4 Å². The average molecular weight is 463 g/mol. The molecular formula is C24H22N4O4S. The maximum Gasteiger partial charge on any atom is 0.293 e. The van der Waals surface area contributed by atoms with Gasteiger partial charge in [-0.3, -0.25) is 24.3 Å². The number of hydrogen-bond donors (Lipinski definition) is 1. The summed E-state index contributed by atoms with van der Waals surface area (Å²) < 4.78 is 1.23. The summed E-state index contributed by atoms with van der Waals surface area (Å²) in [5.74, 6) is -0.544. The van der Waals surface area contributed by atoms with Crippen LogP contribution in [0.15, 0.2) is 46.8 Å². The number of nitro groups is 1.